The molecule has 2 aromatic carbocycles. The van der Waals surface area contributed by atoms with Crippen LogP contribution in [-0.2, 0) is 6.42 Å². The second-order valence-corrected chi connectivity index (χ2v) is 5.29. The van der Waals surface area contributed by atoms with Gasteiger partial charge in [0.2, 0.25) is 0 Å². The maximum atomic E-state index is 2.34. The van der Waals surface area contributed by atoms with Crippen LogP contribution in [0.1, 0.15) is 29.2 Å². The van der Waals surface area contributed by atoms with E-state index in [-0.39, 0.29) is 0 Å². The van der Waals surface area contributed by atoms with Gasteiger partial charge in [0, 0.05) is 0 Å². The first-order valence-electron chi connectivity index (χ1n) is 6.52. The molecule has 0 heteroatoms. The number of aryl methyl sites for hydroxylation is 1. The highest BCUT2D eigenvalue weighted by Gasteiger charge is 2.15. The Hall–Kier alpha value is -1.82. The molecule has 0 saturated heterocycles. The normalized spacial score (nSPS) is 13.4. The second kappa shape index (κ2) is 4.13. The van der Waals surface area contributed by atoms with Crippen molar-refractivity contribution >= 4 is 6.08 Å². The molecule has 0 saturated carbocycles. The first-order valence-corrected chi connectivity index (χ1v) is 6.52. The van der Waals surface area contributed by atoms with Crippen LogP contribution in [0, 0.1) is 13.8 Å². The van der Waals surface area contributed by atoms with Crippen LogP contribution in [0.25, 0.3) is 17.2 Å². The van der Waals surface area contributed by atoms with Crippen molar-refractivity contribution in [3.8, 4) is 11.1 Å². The average molecular weight is 234 g/mol. The highest BCUT2D eigenvalue weighted by Crippen LogP contribution is 2.35. The van der Waals surface area contributed by atoms with E-state index in [4.69, 9.17) is 0 Å². The zero-order valence-corrected chi connectivity index (χ0v) is 11.2. The molecule has 0 N–H and O–H groups in total. The number of rotatable bonds is 1. The summed E-state index contributed by atoms with van der Waals surface area (Å²) in [6.45, 7) is 6.62. The molecule has 0 radical (unpaired) electrons. The summed E-state index contributed by atoms with van der Waals surface area (Å²) in [6, 6.07) is 13.3. The molecule has 0 aliphatic heterocycles. The van der Waals surface area contributed by atoms with Gasteiger partial charge in [-0.15, -0.1) is 0 Å². The summed E-state index contributed by atoms with van der Waals surface area (Å²) in [5.41, 5.74) is 9.85. The van der Waals surface area contributed by atoms with Crippen LogP contribution >= 0.6 is 0 Å². The summed E-state index contributed by atoms with van der Waals surface area (Å²) in [6.07, 6.45) is 3.44. The maximum Gasteiger partial charge on any atom is -0.00604 e. The molecular formula is C18H18. The maximum absolute atomic E-state index is 2.34. The molecule has 18 heavy (non-hydrogen) atoms. The third kappa shape index (κ3) is 1.69. The van der Waals surface area contributed by atoms with E-state index in [1.165, 1.54) is 39.0 Å². The molecule has 0 bridgehead atoms. The Labute approximate surface area is 109 Å². The van der Waals surface area contributed by atoms with Crippen LogP contribution in [0.15, 0.2) is 42.0 Å². The number of benzene rings is 2. The molecule has 1 aliphatic carbocycles. The largest absolute Gasteiger partial charge is 0.0683 e. The number of hydrogen-bond donors (Lipinski definition) is 0. The van der Waals surface area contributed by atoms with Gasteiger partial charge >= 0.3 is 0 Å². The average Bonchev–Trinajstić information content (AvgIpc) is 2.73. The van der Waals surface area contributed by atoms with E-state index in [9.17, 15) is 0 Å². The number of hydrogen-bond acceptors (Lipinski definition) is 0. The molecule has 0 unspecified atom stereocenters. The minimum atomic E-state index is 1.11. The fraction of sp³-hybridized carbons (Fsp3) is 0.222. The molecule has 3 rings (SSSR count). The van der Waals surface area contributed by atoms with E-state index in [2.05, 4.69) is 63.2 Å². The van der Waals surface area contributed by atoms with Crippen molar-refractivity contribution in [2.24, 2.45) is 0 Å². The lowest BCUT2D eigenvalue weighted by atomic mass is 9.92. The molecule has 0 nitrogen and oxygen atoms in total. The van der Waals surface area contributed by atoms with E-state index in [0.29, 0.717) is 0 Å². The Bertz CT molecular complexity index is 645. The fourth-order valence-corrected chi connectivity index (χ4v) is 2.81. The molecule has 0 fully saturated rings. The highest BCUT2D eigenvalue weighted by atomic mass is 14.2. The third-order valence-corrected chi connectivity index (χ3v) is 3.95. The van der Waals surface area contributed by atoms with Gasteiger partial charge < -0.3 is 0 Å². The zero-order chi connectivity index (χ0) is 12.7. The molecule has 0 spiro atoms. The Kier molecular flexibility index (Phi) is 2.59. The Balaban J connectivity index is 2.25. The summed E-state index contributed by atoms with van der Waals surface area (Å²) >= 11 is 0. The van der Waals surface area contributed by atoms with Crippen LogP contribution in [0.3, 0.4) is 0 Å². The first kappa shape index (κ1) is 11.3. The quantitative estimate of drug-likeness (QED) is 0.656. The van der Waals surface area contributed by atoms with E-state index in [0.717, 1.165) is 6.42 Å². The molecule has 0 aromatic heterocycles. The van der Waals surface area contributed by atoms with E-state index in [1.807, 2.05) is 0 Å². The van der Waals surface area contributed by atoms with Crippen molar-refractivity contribution in [2.75, 3.05) is 0 Å². The fourth-order valence-electron chi connectivity index (χ4n) is 2.81. The van der Waals surface area contributed by atoms with Crippen LogP contribution in [0.4, 0.5) is 0 Å². The topological polar surface area (TPSA) is 0 Å². The van der Waals surface area contributed by atoms with Crippen molar-refractivity contribution in [3.05, 3.63) is 64.2 Å². The summed E-state index contributed by atoms with van der Waals surface area (Å²) in [7, 11) is 0. The van der Waals surface area contributed by atoms with Gasteiger partial charge in [0.25, 0.3) is 0 Å². The van der Waals surface area contributed by atoms with Crippen LogP contribution in [0.2, 0.25) is 0 Å². The highest BCUT2D eigenvalue weighted by molar-refractivity contribution is 5.82. The van der Waals surface area contributed by atoms with Gasteiger partial charge in [-0.05, 0) is 60.6 Å². The summed E-state index contributed by atoms with van der Waals surface area (Å²) in [5.74, 6) is 0. The van der Waals surface area contributed by atoms with Gasteiger partial charge in [-0.3, -0.25) is 0 Å². The van der Waals surface area contributed by atoms with Crippen LogP contribution < -0.4 is 0 Å². The molecule has 0 amide bonds. The van der Waals surface area contributed by atoms with Gasteiger partial charge in [0.15, 0.2) is 0 Å². The second-order valence-electron chi connectivity index (χ2n) is 5.29. The van der Waals surface area contributed by atoms with Crippen LogP contribution in [0.5, 0.6) is 0 Å². The monoisotopic (exact) mass is 234 g/mol. The van der Waals surface area contributed by atoms with Gasteiger partial charge in [-0.25, -0.2) is 0 Å². The Morgan fingerprint density at radius 1 is 0.833 bits per heavy atom. The first-order chi connectivity index (χ1) is 8.66. The van der Waals surface area contributed by atoms with Gasteiger partial charge in [0.05, 0.1) is 0 Å². The standard InChI is InChI=1S/C18H18/c1-12-10-15-7-5-9-17(18(15)11-12)16-8-4-6-13(2)14(16)3/h4-9,11H,10H2,1-3H3. The Morgan fingerprint density at radius 2 is 1.56 bits per heavy atom. The lowest BCUT2D eigenvalue weighted by molar-refractivity contribution is 1.19. The van der Waals surface area contributed by atoms with E-state index >= 15 is 0 Å². The molecule has 1 aliphatic rings. The van der Waals surface area contributed by atoms with Gasteiger partial charge in [-0.1, -0.05) is 48.0 Å². The van der Waals surface area contributed by atoms with Crippen LogP contribution in [-0.4, -0.2) is 0 Å². The van der Waals surface area contributed by atoms with Crippen molar-refractivity contribution in [2.45, 2.75) is 27.2 Å². The number of allylic oxidation sites excluding steroid dienone is 1. The minimum absolute atomic E-state index is 1.11. The molecule has 90 valence electrons. The zero-order valence-electron chi connectivity index (χ0n) is 11.2. The van der Waals surface area contributed by atoms with Gasteiger partial charge in [0.1, 0.15) is 0 Å². The lowest BCUT2D eigenvalue weighted by Gasteiger charge is -2.12. The van der Waals surface area contributed by atoms with E-state index < -0.39 is 0 Å². The third-order valence-electron chi connectivity index (χ3n) is 3.95. The summed E-state index contributed by atoms with van der Waals surface area (Å²) in [4.78, 5) is 0. The van der Waals surface area contributed by atoms with Gasteiger partial charge in [-0.2, -0.15) is 0 Å². The summed E-state index contributed by atoms with van der Waals surface area (Å²) in [5, 5.41) is 0. The molecule has 0 heterocycles. The Morgan fingerprint density at radius 3 is 2.39 bits per heavy atom. The smallest absolute Gasteiger partial charge is 0.00604 e. The SMILES string of the molecule is CC1=Cc2c(cccc2-c2cccc(C)c2C)C1. The van der Waals surface area contributed by atoms with Crippen molar-refractivity contribution in [3.63, 3.8) is 0 Å². The molecule has 2 aromatic rings. The van der Waals surface area contributed by atoms with Crippen molar-refractivity contribution < 1.29 is 0 Å². The molecular weight excluding hydrogens is 216 g/mol. The summed E-state index contributed by atoms with van der Waals surface area (Å²) < 4.78 is 0. The van der Waals surface area contributed by atoms with E-state index in [1.54, 1.807) is 0 Å². The van der Waals surface area contributed by atoms with Crippen molar-refractivity contribution in [1.82, 2.24) is 0 Å². The lowest BCUT2D eigenvalue weighted by Crippen LogP contribution is -1.91. The predicted octanol–water partition coefficient (Wildman–Crippen LogP) is 4.93. The predicted molar refractivity (Wildman–Crippen MR) is 78.7 cm³/mol. The number of fused-ring (bicyclic) bond motifs is 1. The van der Waals surface area contributed by atoms with Crippen molar-refractivity contribution in [1.29, 1.82) is 0 Å². The molecule has 0 atom stereocenters. The minimum Gasteiger partial charge on any atom is -0.0683 e.